The van der Waals surface area contributed by atoms with Gasteiger partial charge in [-0.25, -0.2) is 8.78 Å². The molecule has 2 atom stereocenters. The van der Waals surface area contributed by atoms with Crippen molar-refractivity contribution >= 4 is 5.91 Å². The number of alkyl halides is 2. The fraction of sp³-hybridized carbons (Fsp3) is 0.941. The zero-order chi connectivity index (χ0) is 18.5. The Labute approximate surface area is 144 Å². The van der Waals surface area contributed by atoms with Gasteiger partial charge in [-0.15, -0.1) is 0 Å². The molecule has 0 spiro atoms. The summed E-state index contributed by atoms with van der Waals surface area (Å²) in [5.41, 5.74) is 0. The molecular weight excluding hydrogens is 316 g/mol. The largest absolute Gasteiger partial charge is 0.372 e. The van der Waals surface area contributed by atoms with E-state index in [1.807, 2.05) is 27.7 Å². The van der Waals surface area contributed by atoms with Gasteiger partial charge in [-0.3, -0.25) is 14.6 Å². The standard InChI is InChI=1S/C17H33F2N3O2/c1-12(2)20-16(23)9-22-14(5)7-21(8-15(22)6)10-17(18,19)11-24-13(3)4/h12-15H,7-11H2,1-6H3,(H,20,23). The van der Waals surface area contributed by atoms with Gasteiger partial charge in [0, 0.05) is 31.2 Å². The molecule has 0 aromatic heterocycles. The lowest BCUT2D eigenvalue weighted by Gasteiger charge is -2.44. The lowest BCUT2D eigenvalue weighted by atomic mass is 10.1. The number of halogens is 2. The summed E-state index contributed by atoms with van der Waals surface area (Å²) in [6.07, 6.45) is -0.204. The zero-order valence-corrected chi connectivity index (χ0v) is 15.8. The highest BCUT2D eigenvalue weighted by atomic mass is 19.3. The van der Waals surface area contributed by atoms with E-state index in [1.54, 1.807) is 18.7 Å². The third-order valence-corrected chi connectivity index (χ3v) is 4.04. The minimum Gasteiger partial charge on any atom is -0.372 e. The topological polar surface area (TPSA) is 44.8 Å². The fourth-order valence-corrected chi connectivity index (χ4v) is 3.10. The first kappa shape index (κ1) is 21.3. The Kier molecular flexibility index (Phi) is 8.02. The Morgan fingerprint density at radius 1 is 1.21 bits per heavy atom. The SMILES string of the molecule is CC(C)NC(=O)CN1C(C)CN(CC(F)(F)COC(C)C)CC1C. The summed E-state index contributed by atoms with van der Waals surface area (Å²) in [5.74, 6) is -2.88. The number of amides is 1. The van der Waals surface area contributed by atoms with Gasteiger partial charge in [-0.1, -0.05) is 0 Å². The van der Waals surface area contributed by atoms with E-state index in [9.17, 15) is 13.6 Å². The zero-order valence-electron chi connectivity index (χ0n) is 15.8. The highest BCUT2D eigenvalue weighted by Gasteiger charge is 2.37. The molecule has 1 aliphatic heterocycles. The van der Waals surface area contributed by atoms with Crippen LogP contribution in [0.3, 0.4) is 0 Å². The summed E-state index contributed by atoms with van der Waals surface area (Å²) in [4.78, 5) is 15.8. The molecular formula is C17H33F2N3O2. The Bertz CT molecular complexity index is 393. The average molecular weight is 349 g/mol. The van der Waals surface area contributed by atoms with Gasteiger partial charge >= 0.3 is 0 Å². The first-order valence-corrected chi connectivity index (χ1v) is 8.77. The molecule has 1 heterocycles. The van der Waals surface area contributed by atoms with Crippen LogP contribution in [0.5, 0.6) is 0 Å². The van der Waals surface area contributed by atoms with Gasteiger partial charge in [0.1, 0.15) is 6.61 Å². The van der Waals surface area contributed by atoms with E-state index in [4.69, 9.17) is 4.74 Å². The molecule has 1 fully saturated rings. The third-order valence-electron chi connectivity index (χ3n) is 4.04. The number of carbonyl (C=O) groups is 1. The van der Waals surface area contributed by atoms with E-state index in [-0.39, 0.29) is 36.7 Å². The number of ether oxygens (including phenoxy) is 1. The van der Waals surface area contributed by atoms with Crippen molar-refractivity contribution in [3.8, 4) is 0 Å². The van der Waals surface area contributed by atoms with E-state index < -0.39 is 12.5 Å². The van der Waals surface area contributed by atoms with E-state index in [1.165, 1.54) is 0 Å². The quantitative estimate of drug-likeness (QED) is 0.728. The number of nitrogens with one attached hydrogen (secondary N) is 1. The number of carbonyl (C=O) groups excluding carboxylic acids is 1. The van der Waals surface area contributed by atoms with Gasteiger partial charge in [-0.05, 0) is 41.5 Å². The molecule has 2 unspecified atom stereocenters. The Hall–Kier alpha value is -0.790. The number of hydrogen-bond donors (Lipinski definition) is 1. The molecule has 1 amide bonds. The molecule has 0 aliphatic carbocycles. The maximum Gasteiger partial charge on any atom is 0.283 e. The maximum absolute atomic E-state index is 14.0. The first-order valence-electron chi connectivity index (χ1n) is 8.77. The van der Waals surface area contributed by atoms with Gasteiger partial charge in [-0.2, -0.15) is 0 Å². The van der Waals surface area contributed by atoms with Crippen molar-refractivity contribution in [2.75, 3.05) is 32.8 Å². The molecule has 0 aromatic carbocycles. The molecule has 0 aromatic rings. The molecule has 7 heteroatoms. The van der Waals surface area contributed by atoms with Crippen molar-refractivity contribution in [3.63, 3.8) is 0 Å². The summed E-state index contributed by atoms with van der Waals surface area (Å²) in [6, 6.07) is 0.200. The molecule has 0 radical (unpaired) electrons. The molecule has 1 saturated heterocycles. The number of nitrogens with zero attached hydrogens (tertiary/aromatic N) is 2. The first-order chi connectivity index (χ1) is 11.0. The Balaban J connectivity index is 2.54. The number of rotatable bonds is 8. The van der Waals surface area contributed by atoms with Crippen LogP contribution >= 0.6 is 0 Å². The minimum absolute atomic E-state index is 0.0205. The summed E-state index contributed by atoms with van der Waals surface area (Å²) in [6.45, 7) is 11.8. The van der Waals surface area contributed by atoms with Gasteiger partial charge in [0.25, 0.3) is 5.92 Å². The monoisotopic (exact) mass is 349 g/mol. The van der Waals surface area contributed by atoms with Gasteiger partial charge in [0.15, 0.2) is 0 Å². The molecule has 5 nitrogen and oxygen atoms in total. The van der Waals surface area contributed by atoms with E-state index in [0.717, 1.165) is 0 Å². The van der Waals surface area contributed by atoms with E-state index in [2.05, 4.69) is 10.2 Å². The summed E-state index contributed by atoms with van der Waals surface area (Å²) >= 11 is 0. The molecule has 24 heavy (non-hydrogen) atoms. The van der Waals surface area contributed by atoms with Crippen molar-refractivity contribution in [3.05, 3.63) is 0 Å². The number of hydrogen-bond acceptors (Lipinski definition) is 4. The van der Waals surface area contributed by atoms with Crippen molar-refractivity contribution < 1.29 is 18.3 Å². The van der Waals surface area contributed by atoms with Crippen LogP contribution in [0.2, 0.25) is 0 Å². The minimum atomic E-state index is -2.86. The summed E-state index contributed by atoms with van der Waals surface area (Å²) in [7, 11) is 0. The van der Waals surface area contributed by atoms with Crippen molar-refractivity contribution in [2.24, 2.45) is 0 Å². The van der Waals surface area contributed by atoms with Crippen LogP contribution in [-0.2, 0) is 9.53 Å². The van der Waals surface area contributed by atoms with Gasteiger partial charge in [0.2, 0.25) is 5.91 Å². The van der Waals surface area contributed by atoms with Crippen LogP contribution in [0.4, 0.5) is 8.78 Å². The highest BCUT2D eigenvalue weighted by molar-refractivity contribution is 5.78. The predicted octanol–water partition coefficient (Wildman–Crippen LogP) is 1.97. The van der Waals surface area contributed by atoms with Crippen LogP contribution in [0.15, 0.2) is 0 Å². The third kappa shape index (κ3) is 7.40. The van der Waals surface area contributed by atoms with Crippen LogP contribution in [0.1, 0.15) is 41.5 Å². The molecule has 1 aliphatic rings. The number of piperazine rings is 1. The molecule has 1 N–H and O–H groups in total. The summed E-state index contributed by atoms with van der Waals surface area (Å²) in [5, 5.41) is 2.88. The van der Waals surface area contributed by atoms with Crippen LogP contribution in [0.25, 0.3) is 0 Å². The Morgan fingerprint density at radius 2 is 1.75 bits per heavy atom. The normalized spacial score (nSPS) is 23.9. The van der Waals surface area contributed by atoms with Crippen LogP contribution in [0, 0.1) is 0 Å². The average Bonchev–Trinajstić information content (AvgIpc) is 2.39. The highest BCUT2D eigenvalue weighted by Crippen LogP contribution is 2.21. The second kappa shape index (κ2) is 9.06. The van der Waals surface area contributed by atoms with Gasteiger partial charge in [0.05, 0.1) is 19.2 Å². The summed E-state index contributed by atoms with van der Waals surface area (Å²) < 4.78 is 33.1. The van der Waals surface area contributed by atoms with E-state index >= 15 is 0 Å². The fourth-order valence-electron chi connectivity index (χ4n) is 3.10. The van der Waals surface area contributed by atoms with Gasteiger partial charge < -0.3 is 10.1 Å². The molecule has 0 bridgehead atoms. The lowest BCUT2D eigenvalue weighted by Crippen LogP contribution is -2.60. The predicted molar refractivity (Wildman–Crippen MR) is 91.4 cm³/mol. The lowest BCUT2D eigenvalue weighted by molar-refractivity contribution is -0.128. The molecule has 142 valence electrons. The maximum atomic E-state index is 14.0. The van der Waals surface area contributed by atoms with Crippen LogP contribution < -0.4 is 5.32 Å². The molecule has 0 saturated carbocycles. The van der Waals surface area contributed by atoms with Crippen molar-refractivity contribution in [1.82, 2.24) is 15.1 Å². The molecule has 1 rings (SSSR count). The van der Waals surface area contributed by atoms with Crippen LogP contribution in [-0.4, -0.2) is 78.6 Å². The second-order valence-corrected chi connectivity index (χ2v) is 7.50. The van der Waals surface area contributed by atoms with E-state index in [0.29, 0.717) is 19.6 Å². The second-order valence-electron chi connectivity index (χ2n) is 7.50. The van der Waals surface area contributed by atoms with Crippen molar-refractivity contribution in [1.29, 1.82) is 0 Å². The van der Waals surface area contributed by atoms with Crippen molar-refractivity contribution in [2.45, 2.75) is 71.7 Å². The Morgan fingerprint density at radius 3 is 2.21 bits per heavy atom. The smallest absolute Gasteiger partial charge is 0.283 e.